The number of rotatable bonds is 4. The van der Waals surface area contributed by atoms with Crippen LogP contribution in [0.5, 0.6) is 17.5 Å². The number of ether oxygens (including phenoxy) is 2. The van der Waals surface area contributed by atoms with Gasteiger partial charge < -0.3 is 15.2 Å². The summed E-state index contributed by atoms with van der Waals surface area (Å²) in [5.74, 6) is 0.754. The molecule has 0 atom stereocenters. The van der Waals surface area contributed by atoms with Crippen LogP contribution in [0, 0.1) is 5.82 Å². The molecule has 0 bridgehead atoms. The molecule has 0 aliphatic heterocycles. The molecule has 18 heavy (non-hydrogen) atoms. The zero-order valence-corrected chi connectivity index (χ0v) is 9.89. The summed E-state index contributed by atoms with van der Waals surface area (Å²) >= 11 is 0. The summed E-state index contributed by atoms with van der Waals surface area (Å²) in [5.41, 5.74) is 5.83. The van der Waals surface area contributed by atoms with Crippen molar-refractivity contribution in [2.45, 2.75) is 6.54 Å². The second kappa shape index (κ2) is 5.46. The van der Waals surface area contributed by atoms with Crippen molar-refractivity contribution in [3.63, 3.8) is 0 Å². The average Bonchev–Trinajstić information content (AvgIpc) is 2.39. The van der Waals surface area contributed by atoms with Gasteiger partial charge in [0, 0.05) is 30.3 Å². The minimum Gasteiger partial charge on any atom is -0.481 e. The molecule has 0 amide bonds. The lowest BCUT2D eigenvalue weighted by Gasteiger charge is -2.07. The Morgan fingerprint density at radius 2 is 2.00 bits per heavy atom. The Morgan fingerprint density at radius 1 is 1.22 bits per heavy atom. The van der Waals surface area contributed by atoms with Crippen LogP contribution in [-0.4, -0.2) is 12.1 Å². The molecule has 0 fully saturated rings. The molecule has 1 aromatic heterocycles. The van der Waals surface area contributed by atoms with Crippen LogP contribution < -0.4 is 15.2 Å². The predicted octanol–water partition coefficient (Wildman–Crippen LogP) is 2.48. The Balaban J connectivity index is 2.20. The molecule has 2 N–H and O–H groups in total. The molecule has 0 saturated heterocycles. The van der Waals surface area contributed by atoms with Gasteiger partial charge in [0.05, 0.1) is 7.11 Å². The molecule has 0 radical (unpaired) electrons. The molecular formula is C13H13FN2O2. The normalized spacial score (nSPS) is 10.2. The van der Waals surface area contributed by atoms with E-state index in [9.17, 15) is 4.39 Å². The van der Waals surface area contributed by atoms with E-state index in [4.69, 9.17) is 15.2 Å². The van der Waals surface area contributed by atoms with Crippen molar-refractivity contribution in [2.75, 3.05) is 7.11 Å². The molecule has 0 aliphatic rings. The van der Waals surface area contributed by atoms with E-state index in [2.05, 4.69) is 4.98 Å². The van der Waals surface area contributed by atoms with Crippen LogP contribution >= 0.6 is 0 Å². The number of methoxy groups -OCH3 is 1. The van der Waals surface area contributed by atoms with Crippen molar-refractivity contribution in [3.8, 4) is 17.5 Å². The Bertz CT molecular complexity index is 546. The van der Waals surface area contributed by atoms with Crippen molar-refractivity contribution < 1.29 is 13.9 Å². The highest BCUT2D eigenvalue weighted by atomic mass is 19.1. The van der Waals surface area contributed by atoms with Gasteiger partial charge in [0.1, 0.15) is 11.6 Å². The molecule has 2 rings (SSSR count). The van der Waals surface area contributed by atoms with Gasteiger partial charge in [-0.3, -0.25) is 0 Å². The second-order valence-electron chi connectivity index (χ2n) is 3.58. The number of hydrogen-bond donors (Lipinski definition) is 1. The van der Waals surface area contributed by atoms with E-state index >= 15 is 0 Å². The summed E-state index contributed by atoms with van der Waals surface area (Å²) in [6.07, 6.45) is 0. The van der Waals surface area contributed by atoms with Gasteiger partial charge in [0.25, 0.3) is 0 Å². The summed E-state index contributed by atoms with van der Waals surface area (Å²) < 4.78 is 23.9. The summed E-state index contributed by atoms with van der Waals surface area (Å²) in [7, 11) is 1.52. The average molecular weight is 248 g/mol. The third-order valence-electron chi connectivity index (χ3n) is 2.37. The zero-order chi connectivity index (χ0) is 13.0. The Kier molecular flexibility index (Phi) is 3.74. The Hall–Kier alpha value is -2.14. The maximum absolute atomic E-state index is 13.5. The van der Waals surface area contributed by atoms with E-state index in [0.29, 0.717) is 23.1 Å². The first-order valence-corrected chi connectivity index (χ1v) is 5.40. The van der Waals surface area contributed by atoms with Gasteiger partial charge in [-0.2, -0.15) is 4.98 Å². The molecule has 2 aromatic rings. The molecular weight excluding hydrogens is 235 g/mol. The number of halogens is 1. The first-order valence-electron chi connectivity index (χ1n) is 5.40. The van der Waals surface area contributed by atoms with Gasteiger partial charge in [0.15, 0.2) is 0 Å². The van der Waals surface area contributed by atoms with E-state index in [-0.39, 0.29) is 6.54 Å². The molecule has 0 spiro atoms. The summed E-state index contributed by atoms with van der Waals surface area (Å²) in [6, 6.07) is 9.62. The van der Waals surface area contributed by atoms with E-state index in [1.165, 1.54) is 13.2 Å². The zero-order valence-electron chi connectivity index (χ0n) is 9.89. The van der Waals surface area contributed by atoms with Gasteiger partial charge in [0.2, 0.25) is 11.8 Å². The predicted molar refractivity (Wildman–Crippen MR) is 65.2 cm³/mol. The first-order chi connectivity index (χ1) is 8.72. The third kappa shape index (κ3) is 2.75. The number of nitrogens with two attached hydrogens (primary N) is 1. The summed E-state index contributed by atoms with van der Waals surface area (Å²) in [5, 5.41) is 0. The second-order valence-corrected chi connectivity index (χ2v) is 3.58. The van der Waals surface area contributed by atoms with Crippen LogP contribution in [0.15, 0.2) is 36.4 Å². The minimum atomic E-state index is -0.391. The molecule has 0 aliphatic carbocycles. The van der Waals surface area contributed by atoms with E-state index in [0.717, 1.165) is 0 Å². The van der Waals surface area contributed by atoms with Crippen molar-refractivity contribution in [1.82, 2.24) is 4.98 Å². The lowest BCUT2D eigenvalue weighted by Crippen LogP contribution is -2.00. The molecule has 1 heterocycles. The van der Waals surface area contributed by atoms with Crippen molar-refractivity contribution in [3.05, 3.63) is 47.8 Å². The fourth-order valence-electron chi connectivity index (χ4n) is 1.44. The van der Waals surface area contributed by atoms with E-state index in [1.807, 2.05) is 0 Å². The lowest BCUT2D eigenvalue weighted by atomic mass is 10.2. The third-order valence-corrected chi connectivity index (χ3v) is 2.37. The number of aromatic nitrogens is 1. The van der Waals surface area contributed by atoms with Crippen LogP contribution in [0.25, 0.3) is 0 Å². The van der Waals surface area contributed by atoms with Gasteiger partial charge >= 0.3 is 0 Å². The van der Waals surface area contributed by atoms with Crippen LogP contribution in [0.4, 0.5) is 4.39 Å². The topological polar surface area (TPSA) is 57.4 Å². The first kappa shape index (κ1) is 12.3. The largest absolute Gasteiger partial charge is 0.481 e. The Labute approximate surface area is 104 Å². The van der Waals surface area contributed by atoms with Gasteiger partial charge in [-0.05, 0) is 6.07 Å². The molecule has 1 aromatic carbocycles. The van der Waals surface area contributed by atoms with Gasteiger partial charge in [-0.25, -0.2) is 4.39 Å². The molecule has 4 nitrogen and oxygen atoms in total. The van der Waals surface area contributed by atoms with Crippen molar-refractivity contribution in [2.24, 2.45) is 5.73 Å². The molecule has 5 heteroatoms. The van der Waals surface area contributed by atoms with Gasteiger partial charge in [-0.1, -0.05) is 12.1 Å². The quantitative estimate of drug-likeness (QED) is 0.903. The van der Waals surface area contributed by atoms with Crippen molar-refractivity contribution in [1.29, 1.82) is 0 Å². The SMILES string of the molecule is COc1cccc(Oc2ccc(CN)c(F)c2)n1. The molecule has 94 valence electrons. The Morgan fingerprint density at radius 3 is 2.67 bits per heavy atom. The lowest BCUT2D eigenvalue weighted by molar-refractivity contribution is 0.383. The highest BCUT2D eigenvalue weighted by Crippen LogP contribution is 2.23. The van der Waals surface area contributed by atoms with Crippen LogP contribution in [0.2, 0.25) is 0 Å². The van der Waals surface area contributed by atoms with Crippen molar-refractivity contribution >= 4 is 0 Å². The number of pyridine rings is 1. The number of benzene rings is 1. The number of nitrogens with zero attached hydrogens (tertiary/aromatic N) is 1. The van der Waals surface area contributed by atoms with E-state index in [1.54, 1.807) is 30.3 Å². The van der Waals surface area contributed by atoms with Crippen LogP contribution in [-0.2, 0) is 6.54 Å². The highest BCUT2D eigenvalue weighted by molar-refractivity contribution is 5.32. The smallest absolute Gasteiger partial charge is 0.222 e. The van der Waals surface area contributed by atoms with Crippen LogP contribution in [0.3, 0.4) is 0 Å². The highest BCUT2D eigenvalue weighted by Gasteiger charge is 2.05. The maximum atomic E-state index is 13.5. The monoisotopic (exact) mass is 248 g/mol. The van der Waals surface area contributed by atoms with Crippen LogP contribution in [0.1, 0.15) is 5.56 Å². The minimum absolute atomic E-state index is 0.156. The molecule has 0 unspecified atom stereocenters. The van der Waals surface area contributed by atoms with Gasteiger partial charge in [-0.15, -0.1) is 0 Å². The fourth-order valence-corrected chi connectivity index (χ4v) is 1.44. The molecule has 0 saturated carbocycles. The summed E-state index contributed by atoms with van der Waals surface area (Å²) in [6.45, 7) is 0.156. The fraction of sp³-hybridized carbons (Fsp3) is 0.154. The number of hydrogen-bond acceptors (Lipinski definition) is 4. The van der Waals surface area contributed by atoms with E-state index < -0.39 is 5.82 Å². The summed E-state index contributed by atoms with van der Waals surface area (Å²) in [4.78, 5) is 4.07. The standard InChI is InChI=1S/C13H13FN2O2/c1-17-12-3-2-4-13(16-12)18-10-6-5-9(8-15)11(14)7-10/h2-7H,8,15H2,1H3. The maximum Gasteiger partial charge on any atom is 0.222 e.